The summed E-state index contributed by atoms with van der Waals surface area (Å²) in [5.74, 6) is 1.86. The maximum absolute atomic E-state index is 11.5. The molecule has 0 saturated heterocycles. The molecule has 352 valence electrons. The maximum Gasteiger partial charge on any atom is 0.252 e. The molecule has 0 aliphatic heterocycles. The molecule has 0 saturated carbocycles. The molecule has 1 amide bonds. The third-order valence-electron chi connectivity index (χ3n) is 10.5. The Bertz CT molecular complexity index is 3730. The van der Waals surface area contributed by atoms with Crippen molar-refractivity contribution in [1.29, 1.82) is 0 Å². The number of benzene rings is 2. The standard InChI is InChI=1S/C24H22N12O.C23H21N11/c1-14(37)29-16-9-6-8-15(12-16)20-30-22-18(19(24(2,3)4)33-36(22)34-20)31-32-21-17(25-5)13-28-35(21)23-26-10-7-11-27-23;1-14-9-6-7-10-15(14)19-28-21-17(18(23(2,3)4)31-34(21)32-19)29-30-20-16(24-5)13-27-33(20)22-25-11-8-12-26-22/h6-13,33H,1-4H3,(H,29,37);6-13,31H,1-4H3. The molecule has 0 spiro atoms. The number of hydrogen-bond donors (Lipinski definition) is 3. The van der Waals surface area contributed by atoms with Gasteiger partial charge in [-0.1, -0.05) is 77.9 Å². The molecule has 8 aromatic heterocycles. The summed E-state index contributed by atoms with van der Waals surface area (Å²) in [6, 6.07) is 18.6. The van der Waals surface area contributed by atoms with Gasteiger partial charge in [-0.25, -0.2) is 39.6 Å². The lowest BCUT2D eigenvalue weighted by Gasteiger charge is -2.16. The van der Waals surface area contributed by atoms with Gasteiger partial charge in [0.15, 0.2) is 34.7 Å². The number of fused-ring (bicyclic) bond motifs is 2. The summed E-state index contributed by atoms with van der Waals surface area (Å²) in [4.78, 5) is 44.8. The number of aromatic nitrogens is 16. The average Bonchev–Trinajstić information content (AvgIpc) is 4.21. The van der Waals surface area contributed by atoms with Gasteiger partial charge in [-0.2, -0.15) is 28.8 Å². The summed E-state index contributed by atoms with van der Waals surface area (Å²) in [6.45, 7) is 30.8. The molecule has 0 radical (unpaired) electrons. The summed E-state index contributed by atoms with van der Waals surface area (Å²) in [6.07, 6.45) is 9.16. The van der Waals surface area contributed by atoms with Crippen LogP contribution >= 0.6 is 0 Å². The van der Waals surface area contributed by atoms with Gasteiger partial charge in [0, 0.05) is 59.4 Å². The molecular weight excluding hydrogens is 903 g/mol. The molecule has 71 heavy (non-hydrogen) atoms. The van der Waals surface area contributed by atoms with Crippen LogP contribution in [-0.2, 0) is 15.6 Å². The average molecular weight is 946 g/mol. The fraction of sp³-hybridized carbons (Fsp3) is 0.213. The van der Waals surface area contributed by atoms with E-state index in [4.69, 9.17) is 23.1 Å². The van der Waals surface area contributed by atoms with E-state index in [1.165, 1.54) is 28.7 Å². The topological polar surface area (TPSA) is 266 Å². The van der Waals surface area contributed by atoms with Gasteiger partial charge in [0.1, 0.15) is 0 Å². The van der Waals surface area contributed by atoms with Crippen molar-refractivity contribution in [2.75, 3.05) is 5.32 Å². The Balaban J connectivity index is 0.000000176. The van der Waals surface area contributed by atoms with Crippen molar-refractivity contribution in [2.24, 2.45) is 20.5 Å². The molecule has 0 aliphatic rings. The minimum Gasteiger partial charge on any atom is -0.326 e. The second kappa shape index (κ2) is 18.6. The smallest absolute Gasteiger partial charge is 0.252 e. The Morgan fingerprint density at radius 1 is 0.648 bits per heavy atom. The highest BCUT2D eigenvalue weighted by Crippen LogP contribution is 2.39. The Labute approximate surface area is 404 Å². The van der Waals surface area contributed by atoms with Crippen LogP contribution in [0, 0.1) is 20.1 Å². The first kappa shape index (κ1) is 46.2. The number of H-pyrrole nitrogens is 2. The predicted octanol–water partition coefficient (Wildman–Crippen LogP) is 10.2. The van der Waals surface area contributed by atoms with E-state index in [1.807, 2.05) is 64.1 Å². The Kier molecular flexibility index (Phi) is 12.1. The summed E-state index contributed by atoms with van der Waals surface area (Å²) >= 11 is 0. The lowest BCUT2D eigenvalue weighted by Crippen LogP contribution is -2.12. The molecule has 24 heteroatoms. The van der Waals surface area contributed by atoms with E-state index >= 15 is 0 Å². The van der Waals surface area contributed by atoms with Crippen LogP contribution in [0.5, 0.6) is 0 Å². The van der Waals surface area contributed by atoms with Crippen molar-refractivity contribution in [3.63, 3.8) is 0 Å². The number of hydrogen-bond acceptors (Lipinski definition) is 15. The van der Waals surface area contributed by atoms with E-state index in [0.29, 0.717) is 46.0 Å². The van der Waals surface area contributed by atoms with E-state index < -0.39 is 0 Å². The minimum atomic E-state index is -0.340. The normalized spacial score (nSPS) is 11.9. The molecule has 10 rings (SSSR count). The molecule has 24 nitrogen and oxygen atoms in total. The SMILES string of the molecule is [C-]#[N+]c1cnn(-c2ncccn2)c1N=Nc1c(C(C)(C)C)[nH]n2nc(-c3cccc(NC(C)=O)c3)nc12.[C-]#[N+]c1cnn(-c2ncccn2)c1N=Nc1c(C(C)(C)C)[nH]n2nc(-c3ccccc3C)nc12. The van der Waals surface area contributed by atoms with Gasteiger partial charge in [0.25, 0.3) is 23.3 Å². The highest BCUT2D eigenvalue weighted by atomic mass is 16.1. The largest absolute Gasteiger partial charge is 0.326 e. The lowest BCUT2D eigenvalue weighted by molar-refractivity contribution is -0.114. The molecule has 10 aromatic rings. The number of azo groups is 2. The van der Waals surface area contributed by atoms with E-state index in [2.05, 4.69) is 107 Å². The van der Waals surface area contributed by atoms with E-state index in [1.54, 1.807) is 58.3 Å². The van der Waals surface area contributed by atoms with Crippen LogP contribution in [0.1, 0.15) is 65.4 Å². The van der Waals surface area contributed by atoms with Crippen LogP contribution in [0.15, 0.2) is 118 Å². The van der Waals surface area contributed by atoms with Gasteiger partial charge in [0.2, 0.25) is 17.2 Å². The van der Waals surface area contributed by atoms with Crippen LogP contribution in [0.4, 0.5) is 40.1 Å². The van der Waals surface area contributed by atoms with Crippen molar-refractivity contribution in [1.82, 2.24) is 79.1 Å². The van der Waals surface area contributed by atoms with E-state index in [-0.39, 0.29) is 45.7 Å². The number of nitrogens with zero attached hydrogens (tertiary/aromatic N) is 20. The molecule has 0 bridgehead atoms. The third kappa shape index (κ3) is 9.35. The van der Waals surface area contributed by atoms with Crippen molar-refractivity contribution in [3.8, 4) is 34.7 Å². The van der Waals surface area contributed by atoms with Crippen LogP contribution in [0.3, 0.4) is 0 Å². The first-order valence-corrected chi connectivity index (χ1v) is 21.8. The molecule has 0 atom stereocenters. The van der Waals surface area contributed by atoms with Crippen LogP contribution in [-0.4, -0.2) is 85.0 Å². The Morgan fingerprint density at radius 2 is 1.14 bits per heavy atom. The zero-order valence-corrected chi connectivity index (χ0v) is 39.6. The van der Waals surface area contributed by atoms with E-state index in [0.717, 1.165) is 28.1 Å². The van der Waals surface area contributed by atoms with Crippen LogP contribution in [0.2, 0.25) is 0 Å². The molecule has 0 aliphatic carbocycles. The van der Waals surface area contributed by atoms with Gasteiger partial charge in [0.05, 0.1) is 36.9 Å². The fourth-order valence-corrected chi connectivity index (χ4v) is 7.16. The zero-order valence-electron chi connectivity index (χ0n) is 39.6. The number of amides is 1. The van der Waals surface area contributed by atoms with Crippen molar-refractivity contribution >= 4 is 57.3 Å². The fourth-order valence-electron chi connectivity index (χ4n) is 7.16. The molecular formula is C47H43N23O. The Morgan fingerprint density at radius 3 is 1.62 bits per heavy atom. The minimum absolute atomic E-state index is 0.168. The molecule has 2 aromatic carbocycles. The van der Waals surface area contributed by atoms with Crippen LogP contribution < -0.4 is 5.32 Å². The van der Waals surface area contributed by atoms with Gasteiger partial charge in [-0.05, 0) is 36.8 Å². The quantitative estimate of drug-likeness (QED) is 0.0904. The molecule has 0 unspecified atom stereocenters. The first-order chi connectivity index (χ1) is 34.1. The summed E-state index contributed by atoms with van der Waals surface area (Å²) in [5.41, 5.74) is 6.78. The number of nitrogens with one attached hydrogen (secondary N) is 3. The number of aryl methyl sites for hydroxylation is 1. The van der Waals surface area contributed by atoms with E-state index in [9.17, 15) is 4.79 Å². The van der Waals surface area contributed by atoms with Crippen molar-refractivity contribution < 1.29 is 4.79 Å². The number of carbonyl (C=O) groups excluding carboxylic acids is 1. The summed E-state index contributed by atoms with van der Waals surface area (Å²) in [7, 11) is 0. The molecule has 3 N–H and O–H groups in total. The maximum atomic E-state index is 11.5. The molecule has 8 heterocycles. The number of rotatable bonds is 9. The van der Waals surface area contributed by atoms with Gasteiger partial charge < -0.3 is 5.32 Å². The van der Waals surface area contributed by atoms with Gasteiger partial charge in [-0.3, -0.25) is 15.0 Å². The summed E-state index contributed by atoms with van der Waals surface area (Å²) < 4.78 is 5.91. The predicted molar refractivity (Wildman–Crippen MR) is 261 cm³/mol. The molecule has 0 fully saturated rings. The second-order valence-electron chi connectivity index (χ2n) is 17.8. The van der Waals surface area contributed by atoms with Crippen LogP contribution in [0.25, 0.3) is 55.7 Å². The number of aromatic amines is 2. The highest BCUT2D eigenvalue weighted by molar-refractivity contribution is 5.89. The van der Waals surface area contributed by atoms with Crippen molar-refractivity contribution in [3.05, 3.63) is 138 Å². The zero-order chi connectivity index (χ0) is 50.0. The van der Waals surface area contributed by atoms with Gasteiger partial charge >= 0.3 is 0 Å². The lowest BCUT2D eigenvalue weighted by atomic mass is 9.91. The number of carbonyl (C=O) groups is 1. The van der Waals surface area contributed by atoms with Crippen molar-refractivity contribution in [2.45, 2.75) is 66.2 Å². The Hall–Kier alpha value is -9.97. The monoisotopic (exact) mass is 945 g/mol. The number of anilines is 1. The third-order valence-corrected chi connectivity index (χ3v) is 10.5. The first-order valence-electron chi connectivity index (χ1n) is 21.8. The second-order valence-corrected chi connectivity index (χ2v) is 17.8. The summed E-state index contributed by atoms with van der Waals surface area (Å²) in [5, 5.41) is 44.9. The van der Waals surface area contributed by atoms with Gasteiger partial charge in [-0.15, -0.1) is 30.7 Å². The highest BCUT2D eigenvalue weighted by Gasteiger charge is 2.28.